The summed E-state index contributed by atoms with van der Waals surface area (Å²) in [4.78, 5) is 11.5. The number of fused-ring (bicyclic) bond motifs is 1. The fourth-order valence-corrected chi connectivity index (χ4v) is 3.73. The Balaban J connectivity index is 1.97. The van der Waals surface area contributed by atoms with Gasteiger partial charge in [-0.1, -0.05) is 0 Å². The molecule has 1 aliphatic heterocycles. The summed E-state index contributed by atoms with van der Waals surface area (Å²) >= 11 is 0. The van der Waals surface area contributed by atoms with Gasteiger partial charge in [0.15, 0.2) is 0 Å². The monoisotopic (exact) mass is 346 g/mol. The SMILES string of the molecule is COc1cc(C)c(C)cc1NS(=O)(=O)c1ccc2c(c1)CC(=O)N2. The molecule has 0 saturated heterocycles. The maximum atomic E-state index is 12.7. The first kappa shape index (κ1) is 16.3. The highest BCUT2D eigenvalue weighted by Crippen LogP contribution is 2.31. The number of aryl methyl sites for hydroxylation is 2. The van der Waals surface area contributed by atoms with Gasteiger partial charge in [0.2, 0.25) is 5.91 Å². The molecule has 0 fully saturated rings. The van der Waals surface area contributed by atoms with Crippen molar-refractivity contribution >= 4 is 27.3 Å². The number of amides is 1. The Morgan fingerprint density at radius 1 is 1.12 bits per heavy atom. The second-order valence-electron chi connectivity index (χ2n) is 5.79. The Kier molecular flexibility index (Phi) is 3.96. The lowest BCUT2D eigenvalue weighted by molar-refractivity contribution is -0.115. The number of rotatable bonds is 4. The molecule has 2 N–H and O–H groups in total. The van der Waals surface area contributed by atoms with Crippen LogP contribution in [0.15, 0.2) is 35.2 Å². The van der Waals surface area contributed by atoms with Crippen molar-refractivity contribution in [3.05, 3.63) is 47.0 Å². The third-order valence-corrected chi connectivity index (χ3v) is 5.44. The lowest BCUT2D eigenvalue weighted by Gasteiger charge is -2.14. The van der Waals surface area contributed by atoms with Gasteiger partial charge in [0.05, 0.1) is 24.1 Å². The first-order chi connectivity index (χ1) is 11.3. The van der Waals surface area contributed by atoms with E-state index in [4.69, 9.17) is 4.74 Å². The average Bonchev–Trinajstić information content (AvgIpc) is 2.89. The Bertz CT molecular complexity index is 936. The van der Waals surface area contributed by atoms with Crippen molar-refractivity contribution in [3.8, 4) is 5.75 Å². The Morgan fingerprint density at radius 2 is 1.83 bits per heavy atom. The maximum Gasteiger partial charge on any atom is 0.262 e. The molecule has 0 spiro atoms. The largest absolute Gasteiger partial charge is 0.495 e. The van der Waals surface area contributed by atoms with Gasteiger partial charge < -0.3 is 10.1 Å². The summed E-state index contributed by atoms with van der Waals surface area (Å²) in [5, 5.41) is 2.68. The molecule has 0 bridgehead atoms. The zero-order chi connectivity index (χ0) is 17.5. The molecule has 7 heteroatoms. The minimum absolute atomic E-state index is 0.109. The minimum atomic E-state index is -3.78. The molecule has 1 amide bonds. The van der Waals surface area contributed by atoms with Crippen LogP contribution in [0.25, 0.3) is 0 Å². The van der Waals surface area contributed by atoms with Crippen molar-refractivity contribution in [2.24, 2.45) is 0 Å². The Morgan fingerprint density at radius 3 is 2.54 bits per heavy atom. The Hall–Kier alpha value is -2.54. The topological polar surface area (TPSA) is 84.5 Å². The molecule has 3 rings (SSSR count). The summed E-state index contributed by atoms with van der Waals surface area (Å²) in [6.07, 6.45) is 0.186. The molecule has 1 aliphatic rings. The molecule has 0 saturated carbocycles. The van der Waals surface area contributed by atoms with Crippen molar-refractivity contribution in [2.75, 3.05) is 17.1 Å². The van der Waals surface area contributed by atoms with Crippen LogP contribution >= 0.6 is 0 Å². The number of ether oxygens (including phenoxy) is 1. The minimum Gasteiger partial charge on any atom is -0.495 e. The number of benzene rings is 2. The van der Waals surface area contributed by atoms with Crippen LogP contribution in [0.5, 0.6) is 5.75 Å². The van der Waals surface area contributed by atoms with Crippen molar-refractivity contribution in [1.82, 2.24) is 0 Å². The summed E-state index contributed by atoms with van der Waals surface area (Å²) in [5.74, 6) is 0.322. The zero-order valence-electron chi connectivity index (χ0n) is 13.6. The number of nitrogens with one attached hydrogen (secondary N) is 2. The quantitative estimate of drug-likeness (QED) is 0.891. The van der Waals surface area contributed by atoms with E-state index in [0.29, 0.717) is 22.7 Å². The molecule has 0 aliphatic carbocycles. The van der Waals surface area contributed by atoms with Gasteiger partial charge in [-0.25, -0.2) is 8.42 Å². The molecular formula is C17H18N2O4S. The normalized spacial score (nSPS) is 13.4. The standard InChI is InChI=1S/C17H18N2O4S/c1-10-6-15(16(23-3)7-11(10)2)19-24(21,22)13-4-5-14-12(8-13)9-17(20)18-14/h4-8,19H,9H2,1-3H3,(H,18,20). The van der Waals surface area contributed by atoms with Gasteiger partial charge in [-0.3, -0.25) is 9.52 Å². The highest BCUT2D eigenvalue weighted by Gasteiger charge is 2.23. The fourth-order valence-electron chi connectivity index (χ4n) is 2.61. The summed E-state index contributed by atoms with van der Waals surface area (Å²) in [6.45, 7) is 3.83. The third-order valence-electron chi connectivity index (χ3n) is 4.07. The van der Waals surface area contributed by atoms with Gasteiger partial charge in [0.25, 0.3) is 10.0 Å². The molecule has 24 heavy (non-hydrogen) atoms. The highest BCUT2D eigenvalue weighted by atomic mass is 32.2. The number of hydrogen-bond donors (Lipinski definition) is 2. The summed E-state index contributed by atoms with van der Waals surface area (Å²) in [7, 11) is -2.29. The van der Waals surface area contributed by atoms with Crippen LogP contribution < -0.4 is 14.8 Å². The van der Waals surface area contributed by atoms with E-state index in [1.54, 1.807) is 18.2 Å². The number of carbonyl (C=O) groups excluding carboxylic acids is 1. The van der Waals surface area contributed by atoms with E-state index in [1.807, 2.05) is 13.8 Å². The number of hydrogen-bond acceptors (Lipinski definition) is 4. The molecule has 1 heterocycles. The molecule has 0 unspecified atom stereocenters. The third kappa shape index (κ3) is 2.94. The van der Waals surface area contributed by atoms with E-state index >= 15 is 0 Å². The first-order valence-corrected chi connectivity index (χ1v) is 8.89. The Labute approximate surface area is 140 Å². The predicted molar refractivity (Wildman–Crippen MR) is 92.1 cm³/mol. The summed E-state index contributed by atoms with van der Waals surface area (Å²) in [5.41, 5.74) is 3.68. The van der Waals surface area contributed by atoms with Crippen molar-refractivity contribution in [3.63, 3.8) is 0 Å². The summed E-state index contributed by atoms with van der Waals surface area (Å²) < 4.78 is 33.2. The van der Waals surface area contributed by atoms with Crippen molar-refractivity contribution in [2.45, 2.75) is 25.2 Å². The molecule has 2 aromatic carbocycles. The fraction of sp³-hybridized carbons (Fsp3) is 0.235. The van der Waals surface area contributed by atoms with Crippen LogP contribution in [-0.4, -0.2) is 21.4 Å². The van der Waals surface area contributed by atoms with Gasteiger partial charge >= 0.3 is 0 Å². The number of methoxy groups -OCH3 is 1. The van der Waals surface area contributed by atoms with Crippen LogP contribution in [0.4, 0.5) is 11.4 Å². The van der Waals surface area contributed by atoms with E-state index in [0.717, 1.165) is 11.1 Å². The molecule has 2 aromatic rings. The van der Waals surface area contributed by atoms with E-state index < -0.39 is 10.0 Å². The second kappa shape index (κ2) is 5.83. The maximum absolute atomic E-state index is 12.7. The van der Waals surface area contributed by atoms with E-state index in [2.05, 4.69) is 10.0 Å². The van der Waals surface area contributed by atoms with Gasteiger partial charge in [0.1, 0.15) is 5.75 Å². The highest BCUT2D eigenvalue weighted by molar-refractivity contribution is 7.92. The van der Waals surface area contributed by atoms with Crippen LogP contribution in [-0.2, 0) is 21.2 Å². The van der Waals surface area contributed by atoms with Gasteiger partial charge in [-0.05, 0) is 60.9 Å². The van der Waals surface area contributed by atoms with Gasteiger partial charge in [0, 0.05) is 5.69 Å². The smallest absolute Gasteiger partial charge is 0.262 e. The van der Waals surface area contributed by atoms with Crippen LogP contribution in [0.3, 0.4) is 0 Å². The van der Waals surface area contributed by atoms with Crippen LogP contribution in [0.1, 0.15) is 16.7 Å². The lowest BCUT2D eigenvalue weighted by atomic mass is 10.1. The molecule has 126 valence electrons. The van der Waals surface area contributed by atoms with Crippen molar-refractivity contribution < 1.29 is 17.9 Å². The predicted octanol–water partition coefficient (Wildman–Crippen LogP) is 2.61. The molecule has 0 atom stereocenters. The molecule has 0 radical (unpaired) electrons. The van der Waals surface area contributed by atoms with E-state index in [1.165, 1.54) is 19.2 Å². The summed E-state index contributed by atoms with van der Waals surface area (Å²) in [6, 6.07) is 8.12. The van der Waals surface area contributed by atoms with E-state index in [-0.39, 0.29) is 17.2 Å². The molecule has 6 nitrogen and oxygen atoms in total. The lowest BCUT2D eigenvalue weighted by Crippen LogP contribution is -2.14. The van der Waals surface area contributed by atoms with Crippen LogP contribution in [0.2, 0.25) is 0 Å². The van der Waals surface area contributed by atoms with Gasteiger partial charge in [-0.2, -0.15) is 0 Å². The number of carbonyl (C=O) groups is 1. The first-order valence-electron chi connectivity index (χ1n) is 7.41. The molecule has 0 aromatic heterocycles. The van der Waals surface area contributed by atoms with Crippen molar-refractivity contribution in [1.29, 1.82) is 0 Å². The van der Waals surface area contributed by atoms with E-state index in [9.17, 15) is 13.2 Å². The molecular weight excluding hydrogens is 328 g/mol. The van der Waals surface area contributed by atoms with Crippen LogP contribution in [0, 0.1) is 13.8 Å². The number of anilines is 2. The second-order valence-corrected chi connectivity index (χ2v) is 7.47. The van der Waals surface area contributed by atoms with Gasteiger partial charge in [-0.15, -0.1) is 0 Å². The number of sulfonamides is 1. The average molecular weight is 346 g/mol. The zero-order valence-corrected chi connectivity index (χ0v) is 14.5.